The third-order valence-electron chi connectivity index (χ3n) is 6.90. The number of rotatable bonds is 3. The summed E-state index contributed by atoms with van der Waals surface area (Å²) in [5.41, 5.74) is 8.20. The van der Waals surface area contributed by atoms with Gasteiger partial charge in [-0.2, -0.15) is 0 Å². The lowest BCUT2D eigenvalue weighted by Crippen LogP contribution is -2.07. The number of fused-ring (bicyclic) bond motifs is 3. The number of aromatic nitrogens is 2. The van der Waals surface area contributed by atoms with Crippen molar-refractivity contribution in [3.05, 3.63) is 96.8 Å². The van der Waals surface area contributed by atoms with Crippen LogP contribution >= 0.6 is 0 Å². The summed E-state index contributed by atoms with van der Waals surface area (Å²) in [5, 5.41) is 2.35. The van der Waals surface area contributed by atoms with Crippen molar-refractivity contribution in [3.8, 4) is 22.3 Å². The van der Waals surface area contributed by atoms with Gasteiger partial charge in [0.05, 0.1) is 11.0 Å². The van der Waals surface area contributed by atoms with Gasteiger partial charge < -0.3 is 0 Å². The Morgan fingerprint density at radius 3 is 1.91 bits per heavy atom. The van der Waals surface area contributed by atoms with E-state index in [9.17, 15) is 0 Å². The zero-order valence-corrected chi connectivity index (χ0v) is 18.2. The van der Waals surface area contributed by atoms with Crippen LogP contribution in [-0.2, 0) is 0 Å². The Hall–Kier alpha value is -3.52. The molecule has 0 aliphatic heterocycles. The minimum absolute atomic E-state index is 0.545. The maximum atomic E-state index is 5.29. The Labute approximate surface area is 189 Å². The van der Waals surface area contributed by atoms with E-state index in [1.165, 1.54) is 70.8 Å². The molecule has 2 heteroatoms. The molecule has 2 nitrogen and oxygen atoms in total. The monoisotopic (exact) mass is 414 g/mol. The summed E-state index contributed by atoms with van der Waals surface area (Å²) >= 11 is 0. The standard InChI is InChI=1S/C30H26N2/c1-4-10-21(11-5-1)24-18-19-31-29-25(24)16-17-26-27(22-12-6-2-7-13-22)20-28(32-30(26)29)23-14-8-3-9-15-23/h1-2,4-7,10-13,16-20,23H,3,8-9,14-15H2. The highest BCUT2D eigenvalue weighted by molar-refractivity contribution is 6.11. The van der Waals surface area contributed by atoms with Crippen LogP contribution in [0.2, 0.25) is 0 Å². The molecular weight excluding hydrogens is 388 g/mol. The summed E-state index contributed by atoms with van der Waals surface area (Å²) in [4.78, 5) is 10.1. The molecule has 3 aromatic carbocycles. The zero-order chi connectivity index (χ0) is 21.3. The van der Waals surface area contributed by atoms with Crippen LogP contribution < -0.4 is 0 Å². The Morgan fingerprint density at radius 2 is 1.22 bits per heavy atom. The van der Waals surface area contributed by atoms with Crippen molar-refractivity contribution in [2.24, 2.45) is 0 Å². The van der Waals surface area contributed by atoms with Crippen LogP contribution in [0, 0.1) is 0 Å². The molecule has 0 unspecified atom stereocenters. The summed E-state index contributed by atoms with van der Waals surface area (Å²) < 4.78 is 0. The highest BCUT2D eigenvalue weighted by Crippen LogP contribution is 2.39. The van der Waals surface area contributed by atoms with Gasteiger partial charge in [0.2, 0.25) is 0 Å². The average molecular weight is 415 g/mol. The van der Waals surface area contributed by atoms with E-state index in [0.29, 0.717) is 5.92 Å². The number of nitrogens with zero attached hydrogens (tertiary/aromatic N) is 2. The largest absolute Gasteiger partial charge is 0.254 e. The van der Waals surface area contributed by atoms with Crippen LogP contribution in [0.25, 0.3) is 44.1 Å². The second-order valence-corrected chi connectivity index (χ2v) is 8.88. The summed E-state index contributed by atoms with van der Waals surface area (Å²) in [5.74, 6) is 0.545. The molecule has 2 aromatic heterocycles. The van der Waals surface area contributed by atoms with Crippen molar-refractivity contribution in [1.29, 1.82) is 0 Å². The van der Waals surface area contributed by atoms with Crippen molar-refractivity contribution in [2.75, 3.05) is 0 Å². The van der Waals surface area contributed by atoms with Crippen molar-refractivity contribution >= 4 is 21.8 Å². The quantitative estimate of drug-likeness (QED) is 0.278. The van der Waals surface area contributed by atoms with Crippen molar-refractivity contribution in [1.82, 2.24) is 9.97 Å². The molecule has 156 valence electrons. The Balaban J connectivity index is 1.65. The molecule has 0 amide bonds. The molecule has 1 fully saturated rings. The topological polar surface area (TPSA) is 25.8 Å². The van der Waals surface area contributed by atoms with Crippen LogP contribution in [-0.4, -0.2) is 9.97 Å². The fourth-order valence-corrected chi connectivity index (χ4v) is 5.25. The lowest BCUT2D eigenvalue weighted by Gasteiger charge is -2.22. The molecule has 1 aliphatic carbocycles. The molecular formula is C30H26N2. The van der Waals surface area contributed by atoms with E-state index in [-0.39, 0.29) is 0 Å². The van der Waals surface area contributed by atoms with Crippen LogP contribution in [0.5, 0.6) is 0 Å². The van der Waals surface area contributed by atoms with Crippen molar-refractivity contribution < 1.29 is 0 Å². The second-order valence-electron chi connectivity index (χ2n) is 8.88. The van der Waals surface area contributed by atoms with E-state index in [1.54, 1.807) is 0 Å². The first-order valence-electron chi connectivity index (χ1n) is 11.7. The average Bonchev–Trinajstić information content (AvgIpc) is 2.89. The van der Waals surface area contributed by atoms with E-state index >= 15 is 0 Å². The van der Waals surface area contributed by atoms with Gasteiger partial charge in [0.25, 0.3) is 0 Å². The highest BCUT2D eigenvalue weighted by atomic mass is 14.8. The molecule has 0 radical (unpaired) electrons. The summed E-state index contributed by atoms with van der Waals surface area (Å²) in [6.07, 6.45) is 8.36. The number of pyridine rings is 2. The number of hydrogen-bond donors (Lipinski definition) is 0. The fraction of sp³-hybridized carbons (Fsp3) is 0.200. The first kappa shape index (κ1) is 19.2. The molecule has 5 aromatic rings. The SMILES string of the molecule is c1ccc(-c2ccnc3c2ccc2c(-c4ccccc4)cc(C4CCCCC4)nc23)cc1. The smallest absolute Gasteiger partial charge is 0.0974 e. The second kappa shape index (κ2) is 8.20. The molecule has 1 aliphatic rings. The van der Waals surface area contributed by atoms with Gasteiger partial charge >= 0.3 is 0 Å². The predicted octanol–water partition coefficient (Wildman–Crippen LogP) is 8.16. The maximum absolute atomic E-state index is 5.29. The Morgan fingerprint density at radius 1 is 0.594 bits per heavy atom. The van der Waals surface area contributed by atoms with Gasteiger partial charge in [-0.1, -0.05) is 92.1 Å². The van der Waals surface area contributed by atoms with E-state index in [0.717, 1.165) is 11.0 Å². The summed E-state index contributed by atoms with van der Waals surface area (Å²) in [6, 6.07) is 30.2. The van der Waals surface area contributed by atoms with Gasteiger partial charge in [-0.25, -0.2) is 0 Å². The van der Waals surface area contributed by atoms with Crippen LogP contribution in [0.4, 0.5) is 0 Å². The fourth-order valence-electron chi connectivity index (χ4n) is 5.25. The normalized spacial score (nSPS) is 14.8. The predicted molar refractivity (Wildman–Crippen MR) is 134 cm³/mol. The number of hydrogen-bond acceptors (Lipinski definition) is 2. The molecule has 2 heterocycles. The summed E-state index contributed by atoms with van der Waals surface area (Å²) in [7, 11) is 0. The van der Waals surface area contributed by atoms with Crippen molar-refractivity contribution in [2.45, 2.75) is 38.0 Å². The molecule has 0 bridgehead atoms. The molecule has 0 spiro atoms. The van der Waals surface area contributed by atoms with E-state index in [4.69, 9.17) is 9.97 Å². The van der Waals surface area contributed by atoms with Crippen LogP contribution in [0.15, 0.2) is 91.1 Å². The molecule has 32 heavy (non-hydrogen) atoms. The Bertz CT molecular complexity index is 1380. The zero-order valence-electron chi connectivity index (χ0n) is 18.2. The van der Waals surface area contributed by atoms with Gasteiger partial charge in [0.1, 0.15) is 0 Å². The van der Waals surface area contributed by atoms with E-state index in [1.807, 2.05) is 6.20 Å². The first-order valence-corrected chi connectivity index (χ1v) is 11.7. The third kappa shape index (κ3) is 3.36. The molecule has 6 rings (SSSR count). The molecule has 1 saturated carbocycles. The Kier molecular flexibility index (Phi) is 4.92. The van der Waals surface area contributed by atoms with E-state index < -0.39 is 0 Å². The van der Waals surface area contributed by atoms with Gasteiger partial charge in [0.15, 0.2) is 0 Å². The van der Waals surface area contributed by atoms with Gasteiger partial charge in [-0.3, -0.25) is 9.97 Å². The van der Waals surface area contributed by atoms with Crippen LogP contribution in [0.3, 0.4) is 0 Å². The maximum Gasteiger partial charge on any atom is 0.0974 e. The third-order valence-corrected chi connectivity index (χ3v) is 6.90. The minimum Gasteiger partial charge on any atom is -0.254 e. The van der Waals surface area contributed by atoms with E-state index in [2.05, 4.69) is 84.9 Å². The van der Waals surface area contributed by atoms with Crippen molar-refractivity contribution in [3.63, 3.8) is 0 Å². The van der Waals surface area contributed by atoms with Gasteiger partial charge in [-0.15, -0.1) is 0 Å². The van der Waals surface area contributed by atoms with Gasteiger partial charge in [-0.05, 0) is 47.2 Å². The molecule has 0 N–H and O–H groups in total. The molecule has 0 saturated heterocycles. The summed E-state index contributed by atoms with van der Waals surface area (Å²) in [6.45, 7) is 0. The van der Waals surface area contributed by atoms with Gasteiger partial charge in [0, 0.05) is 28.6 Å². The minimum atomic E-state index is 0.545. The lowest BCUT2D eigenvalue weighted by atomic mass is 9.85. The highest BCUT2D eigenvalue weighted by Gasteiger charge is 2.20. The first-order chi connectivity index (χ1) is 15.9. The van der Waals surface area contributed by atoms with Crippen LogP contribution in [0.1, 0.15) is 43.7 Å². The number of benzene rings is 3. The molecule has 0 atom stereocenters. The lowest BCUT2D eigenvalue weighted by molar-refractivity contribution is 0.437.